The molecule has 1 N–H and O–H groups in total. The highest BCUT2D eigenvalue weighted by Gasteiger charge is 2.31. The van der Waals surface area contributed by atoms with Crippen molar-refractivity contribution in [2.45, 2.75) is 38.3 Å². The molecule has 1 saturated heterocycles. The van der Waals surface area contributed by atoms with E-state index in [1.54, 1.807) is 6.20 Å². The highest BCUT2D eigenvalue weighted by atomic mass is 19.1. The van der Waals surface area contributed by atoms with Crippen LogP contribution in [-0.4, -0.2) is 33.7 Å². The van der Waals surface area contributed by atoms with E-state index >= 15 is 0 Å². The van der Waals surface area contributed by atoms with Crippen LogP contribution in [0.1, 0.15) is 37.3 Å². The third-order valence-electron chi connectivity index (χ3n) is 5.09. The Kier molecular flexibility index (Phi) is 4.53. The molecule has 0 radical (unpaired) electrons. The Hall–Kier alpha value is -2.21. The summed E-state index contributed by atoms with van der Waals surface area (Å²) in [5.74, 6) is 0.937. The molecule has 2 aliphatic rings. The monoisotopic (exact) mass is 342 g/mol. The molecule has 1 aromatic heterocycles. The molecule has 2 aromatic rings. The SMILES string of the molecule is O=C(Nc1ccnn1C1CCN(Cc2ccc(F)cc2)CC1)C1CC1. The number of anilines is 1. The van der Waals surface area contributed by atoms with Crippen LogP contribution in [0, 0.1) is 11.7 Å². The molecule has 0 spiro atoms. The third-order valence-corrected chi connectivity index (χ3v) is 5.09. The minimum Gasteiger partial charge on any atom is -0.311 e. The van der Waals surface area contributed by atoms with E-state index in [4.69, 9.17) is 0 Å². The lowest BCUT2D eigenvalue weighted by atomic mass is 10.0. The van der Waals surface area contributed by atoms with Crippen LogP contribution in [0.25, 0.3) is 0 Å². The van der Waals surface area contributed by atoms with Crippen molar-refractivity contribution in [1.82, 2.24) is 14.7 Å². The number of hydrogen-bond donors (Lipinski definition) is 1. The van der Waals surface area contributed by atoms with Gasteiger partial charge in [-0.1, -0.05) is 12.1 Å². The van der Waals surface area contributed by atoms with Gasteiger partial charge in [-0.2, -0.15) is 5.10 Å². The van der Waals surface area contributed by atoms with Crippen LogP contribution in [0.5, 0.6) is 0 Å². The van der Waals surface area contributed by atoms with Gasteiger partial charge in [-0.25, -0.2) is 9.07 Å². The third kappa shape index (κ3) is 3.90. The quantitative estimate of drug-likeness (QED) is 0.908. The fourth-order valence-electron chi connectivity index (χ4n) is 3.45. The lowest BCUT2D eigenvalue weighted by molar-refractivity contribution is -0.117. The summed E-state index contributed by atoms with van der Waals surface area (Å²) in [6, 6.07) is 8.92. The lowest BCUT2D eigenvalue weighted by Crippen LogP contribution is -2.35. The minimum absolute atomic E-state index is 0.121. The molecule has 25 heavy (non-hydrogen) atoms. The van der Waals surface area contributed by atoms with Crippen LogP contribution < -0.4 is 5.32 Å². The average molecular weight is 342 g/mol. The van der Waals surface area contributed by atoms with Crippen molar-refractivity contribution < 1.29 is 9.18 Å². The summed E-state index contributed by atoms with van der Waals surface area (Å²) >= 11 is 0. The smallest absolute Gasteiger partial charge is 0.228 e. The fraction of sp³-hybridized carbons (Fsp3) is 0.474. The molecule has 4 rings (SSSR count). The molecule has 2 heterocycles. The largest absolute Gasteiger partial charge is 0.311 e. The molecule has 5 nitrogen and oxygen atoms in total. The Morgan fingerprint density at radius 1 is 1.12 bits per heavy atom. The standard InChI is InChI=1S/C19H23FN4O/c20-16-5-1-14(2-6-16)13-23-11-8-17(9-12-23)24-18(7-10-21-24)22-19(25)15-3-4-15/h1-2,5-7,10,15,17H,3-4,8-9,11-13H2,(H,22,25). The van der Waals surface area contributed by atoms with E-state index in [2.05, 4.69) is 15.3 Å². The van der Waals surface area contributed by atoms with Crippen LogP contribution in [0.2, 0.25) is 0 Å². The Labute approximate surface area is 146 Å². The summed E-state index contributed by atoms with van der Waals surface area (Å²) in [4.78, 5) is 14.4. The number of aromatic nitrogens is 2. The maximum absolute atomic E-state index is 13.0. The number of hydrogen-bond acceptors (Lipinski definition) is 3. The zero-order valence-corrected chi connectivity index (χ0v) is 14.2. The van der Waals surface area contributed by atoms with Gasteiger partial charge in [0.05, 0.1) is 12.2 Å². The van der Waals surface area contributed by atoms with Gasteiger partial charge in [-0.05, 0) is 43.4 Å². The molecular weight excluding hydrogens is 319 g/mol. The second kappa shape index (κ2) is 6.96. The van der Waals surface area contributed by atoms with Crippen LogP contribution in [-0.2, 0) is 11.3 Å². The van der Waals surface area contributed by atoms with Gasteiger partial charge < -0.3 is 5.32 Å². The molecule has 0 atom stereocenters. The van der Waals surface area contributed by atoms with Crippen LogP contribution in [0.4, 0.5) is 10.2 Å². The Morgan fingerprint density at radius 2 is 1.84 bits per heavy atom. The van der Waals surface area contributed by atoms with Gasteiger partial charge in [0.25, 0.3) is 0 Å². The van der Waals surface area contributed by atoms with Crippen LogP contribution in [0.15, 0.2) is 36.5 Å². The Bertz CT molecular complexity index is 730. The molecule has 2 fully saturated rings. The van der Waals surface area contributed by atoms with Crippen molar-refractivity contribution in [2.75, 3.05) is 18.4 Å². The van der Waals surface area contributed by atoms with Gasteiger partial charge in [0.2, 0.25) is 5.91 Å². The average Bonchev–Trinajstić information content (AvgIpc) is 3.38. The van der Waals surface area contributed by atoms with Crippen molar-refractivity contribution in [3.63, 3.8) is 0 Å². The first-order valence-electron chi connectivity index (χ1n) is 9.00. The number of piperidine rings is 1. The number of carbonyl (C=O) groups excluding carboxylic acids is 1. The zero-order valence-electron chi connectivity index (χ0n) is 14.2. The van der Waals surface area contributed by atoms with Crippen LogP contribution >= 0.6 is 0 Å². The Morgan fingerprint density at radius 3 is 2.52 bits per heavy atom. The number of halogens is 1. The predicted molar refractivity (Wildman–Crippen MR) is 93.5 cm³/mol. The summed E-state index contributed by atoms with van der Waals surface area (Å²) in [6.07, 6.45) is 5.75. The number of rotatable bonds is 5. The molecule has 0 unspecified atom stereocenters. The summed E-state index contributed by atoms with van der Waals surface area (Å²) in [7, 11) is 0. The van der Waals surface area contributed by atoms with Gasteiger partial charge in [0.15, 0.2) is 0 Å². The van der Waals surface area contributed by atoms with E-state index < -0.39 is 0 Å². The minimum atomic E-state index is -0.193. The molecule has 1 aromatic carbocycles. The summed E-state index contributed by atoms with van der Waals surface area (Å²) in [6.45, 7) is 2.78. The van der Waals surface area contributed by atoms with Crippen LogP contribution in [0.3, 0.4) is 0 Å². The van der Waals surface area contributed by atoms with Crippen molar-refractivity contribution in [2.24, 2.45) is 5.92 Å². The number of likely N-dealkylation sites (tertiary alicyclic amines) is 1. The highest BCUT2D eigenvalue weighted by molar-refractivity contribution is 5.93. The number of nitrogens with one attached hydrogen (secondary N) is 1. The molecule has 1 aliphatic carbocycles. The van der Waals surface area contributed by atoms with E-state index in [1.807, 2.05) is 22.9 Å². The van der Waals surface area contributed by atoms with E-state index in [-0.39, 0.29) is 17.6 Å². The molecule has 132 valence electrons. The number of nitrogens with zero attached hydrogens (tertiary/aromatic N) is 3. The second-order valence-corrected chi connectivity index (χ2v) is 7.06. The predicted octanol–water partition coefficient (Wildman–Crippen LogP) is 3.21. The first-order chi connectivity index (χ1) is 12.2. The van der Waals surface area contributed by atoms with Gasteiger partial charge in [-0.15, -0.1) is 0 Å². The molecule has 0 bridgehead atoms. The maximum Gasteiger partial charge on any atom is 0.228 e. The zero-order chi connectivity index (χ0) is 17.2. The summed E-state index contributed by atoms with van der Waals surface area (Å²) in [5, 5.41) is 7.45. The number of carbonyl (C=O) groups is 1. The molecule has 1 aliphatic heterocycles. The molecule has 1 saturated carbocycles. The fourth-order valence-corrected chi connectivity index (χ4v) is 3.45. The van der Waals surface area contributed by atoms with Gasteiger partial charge in [0.1, 0.15) is 11.6 Å². The Balaban J connectivity index is 1.33. The number of benzene rings is 1. The normalized spacial score (nSPS) is 19.1. The molecule has 6 heteroatoms. The van der Waals surface area contributed by atoms with Crippen molar-refractivity contribution in [3.05, 3.63) is 47.9 Å². The number of amides is 1. The van der Waals surface area contributed by atoms with E-state index in [9.17, 15) is 9.18 Å². The lowest BCUT2D eigenvalue weighted by Gasteiger charge is -2.32. The first-order valence-corrected chi connectivity index (χ1v) is 9.00. The van der Waals surface area contributed by atoms with E-state index in [1.165, 1.54) is 12.1 Å². The molecule has 1 amide bonds. The first kappa shape index (κ1) is 16.3. The van der Waals surface area contributed by atoms with E-state index in [0.717, 1.165) is 56.7 Å². The maximum atomic E-state index is 13.0. The topological polar surface area (TPSA) is 50.2 Å². The highest BCUT2D eigenvalue weighted by Crippen LogP contribution is 2.31. The van der Waals surface area contributed by atoms with Crippen molar-refractivity contribution in [1.29, 1.82) is 0 Å². The second-order valence-electron chi connectivity index (χ2n) is 7.06. The van der Waals surface area contributed by atoms with Crippen molar-refractivity contribution >= 4 is 11.7 Å². The summed E-state index contributed by atoms with van der Waals surface area (Å²) in [5.41, 5.74) is 1.14. The van der Waals surface area contributed by atoms with E-state index in [0.29, 0.717) is 6.04 Å². The van der Waals surface area contributed by atoms with Gasteiger partial charge >= 0.3 is 0 Å². The van der Waals surface area contributed by atoms with Gasteiger partial charge in [0, 0.05) is 31.6 Å². The summed E-state index contributed by atoms with van der Waals surface area (Å²) < 4.78 is 15.0. The molecular formula is C19H23FN4O. The van der Waals surface area contributed by atoms with Crippen molar-refractivity contribution in [3.8, 4) is 0 Å². The van der Waals surface area contributed by atoms with Gasteiger partial charge in [-0.3, -0.25) is 9.69 Å².